The van der Waals surface area contributed by atoms with Crippen molar-refractivity contribution in [1.29, 1.82) is 0 Å². The Bertz CT molecular complexity index is 3240. The molecule has 39 nitrogen and oxygen atoms in total. The van der Waals surface area contributed by atoms with Crippen LogP contribution in [0.15, 0.2) is 26.9 Å². The SMILES string of the molecule is CC(C)C.Cc1cn([C@@H]2CC(O)[C@H](OP(=O)(O)OCCCOP(=O)(O)OCCCOP(=O)(O)OCCCOP(=O)(O)OCCCOP(=O)(O)OCCCOP(=O)(O)OC3CC(n4cnc5c(=O)[nH]c(N)nc54)OC3COP(O)(=S)C(C)C)O2)c(=O)[nH]c1=O. The Kier molecular flexibility index (Phi) is 31.6. The zero-order valence-corrected chi connectivity index (χ0v) is 55.4. The highest BCUT2D eigenvalue weighted by molar-refractivity contribution is 8.09. The molecule has 0 aliphatic carbocycles. The van der Waals surface area contributed by atoms with Crippen LogP contribution in [0.3, 0.4) is 0 Å². The molecule has 0 aromatic carbocycles. The first-order valence-corrected chi connectivity index (χ1v) is 38.3. The molecule has 2 aliphatic heterocycles. The number of phosphoric ester groups is 6. The topological polar surface area (TPSA) is 547 Å². The minimum atomic E-state index is -4.89. The molecule has 0 bridgehead atoms. The van der Waals surface area contributed by atoms with Crippen LogP contribution in [0, 0.1) is 12.8 Å². The second kappa shape index (κ2) is 35.4. The summed E-state index contributed by atoms with van der Waals surface area (Å²) in [6.07, 6.45) is -6.79. The number of rotatable bonds is 40. The summed E-state index contributed by atoms with van der Waals surface area (Å²) in [5, 5.41) is 10.2. The van der Waals surface area contributed by atoms with Crippen LogP contribution in [0.5, 0.6) is 0 Å². The maximum Gasteiger partial charge on any atom is 0.474 e. The number of hydrogen-bond acceptors (Lipinski definition) is 29. The number of H-pyrrole nitrogens is 2. The van der Waals surface area contributed by atoms with Crippen molar-refractivity contribution in [2.75, 3.05) is 78.4 Å². The number of aliphatic hydroxyl groups excluding tert-OH is 1. The molecule has 12 N–H and O–H groups in total. The number of aliphatic hydroxyl groups is 1. The third-order valence-corrected chi connectivity index (χ3v) is 20.5. The van der Waals surface area contributed by atoms with Gasteiger partial charge < -0.3 is 59.1 Å². The number of ether oxygens (including phenoxy) is 2. The number of anilines is 1. The molecule has 5 rings (SSSR count). The summed E-state index contributed by atoms with van der Waals surface area (Å²) in [5.74, 6) is 0.623. The van der Waals surface area contributed by atoms with Gasteiger partial charge in [-0.15, -0.1) is 0 Å². The summed E-state index contributed by atoms with van der Waals surface area (Å²) < 4.78 is 152. The van der Waals surface area contributed by atoms with Gasteiger partial charge in [-0.25, -0.2) is 37.2 Å². The lowest BCUT2D eigenvalue weighted by Gasteiger charge is -2.25. The van der Waals surface area contributed by atoms with Crippen LogP contribution in [0.25, 0.3) is 11.2 Å². The highest BCUT2D eigenvalue weighted by Gasteiger charge is 2.44. The van der Waals surface area contributed by atoms with Crippen LogP contribution in [0.2, 0.25) is 0 Å². The van der Waals surface area contributed by atoms with E-state index in [-0.39, 0.29) is 74.2 Å². The average Bonchev–Trinajstić information content (AvgIpc) is 1.68. The lowest BCUT2D eigenvalue weighted by Crippen LogP contribution is -2.33. The minimum absolute atomic E-state index is 0.0417. The van der Waals surface area contributed by atoms with E-state index in [2.05, 4.69) is 40.7 Å². The molecule has 2 fully saturated rings. The maximum absolute atomic E-state index is 13.0. The van der Waals surface area contributed by atoms with Gasteiger partial charge in [0.2, 0.25) is 5.95 Å². The van der Waals surface area contributed by atoms with E-state index >= 15 is 0 Å². The van der Waals surface area contributed by atoms with Crippen LogP contribution in [-0.2, 0) is 107 Å². The van der Waals surface area contributed by atoms with Crippen LogP contribution >= 0.6 is 53.4 Å². The quantitative estimate of drug-likeness (QED) is 0.0283. The summed E-state index contributed by atoms with van der Waals surface area (Å²) in [6, 6.07) is 0. The predicted molar refractivity (Wildman–Crippen MR) is 307 cm³/mol. The summed E-state index contributed by atoms with van der Waals surface area (Å²) in [6.45, 7) is 2.22. The Morgan fingerprint density at radius 2 is 1.00 bits per heavy atom. The van der Waals surface area contributed by atoms with Crippen LogP contribution < -0.4 is 22.5 Å². The fourth-order valence-electron chi connectivity index (χ4n) is 6.91. The number of imidazole rings is 1. The van der Waals surface area contributed by atoms with E-state index in [1.54, 1.807) is 13.8 Å². The van der Waals surface area contributed by atoms with Crippen molar-refractivity contribution in [2.45, 2.75) is 129 Å². The van der Waals surface area contributed by atoms with Crippen LogP contribution in [0.4, 0.5) is 5.95 Å². The first-order valence-electron chi connectivity index (χ1n) is 26.6. The highest BCUT2D eigenvalue weighted by atomic mass is 32.5. The second-order valence-corrected chi connectivity index (χ2v) is 32.3. The number of nitrogen functional groups attached to an aromatic ring is 1. The van der Waals surface area contributed by atoms with Gasteiger partial charge in [0.25, 0.3) is 11.1 Å². The highest BCUT2D eigenvalue weighted by Crippen LogP contribution is 2.53. The molecule has 3 aromatic heterocycles. The molecule has 0 spiro atoms. The number of phosphoric acid groups is 6. The fraction of sp³-hybridized carbons (Fsp3) is 0.780. The van der Waals surface area contributed by atoms with E-state index in [1.807, 2.05) is 0 Å². The van der Waals surface area contributed by atoms with E-state index in [1.165, 1.54) is 24.0 Å². The number of aromatic nitrogens is 6. The number of nitrogens with two attached hydrogens (primary N) is 1. The molecule has 0 saturated carbocycles. The zero-order valence-electron chi connectivity index (χ0n) is 48.3. The lowest BCUT2D eigenvalue weighted by atomic mass is 10.2. The molecule has 0 amide bonds. The van der Waals surface area contributed by atoms with Gasteiger partial charge in [-0.1, -0.05) is 34.6 Å². The van der Waals surface area contributed by atoms with Crippen molar-refractivity contribution in [2.24, 2.45) is 5.92 Å². The van der Waals surface area contributed by atoms with E-state index < -0.39 is 179 Å². The molecule has 2 aliphatic rings. The van der Waals surface area contributed by atoms with Crippen molar-refractivity contribution in [1.82, 2.24) is 29.1 Å². The van der Waals surface area contributed by atoms with Gasteiger partial charge in [0.1, 0.15) is 30.8 Å². The standard InChI is InChI=1S/C37H66N7O32P7S.C4H10/c1-24(2)77(49,84)72-22-28-27(20-30(73-28)44-23-39-31-32(44)40-36(38)41-34(31)47)75-82(58,59)70-17-7-15-68-80(54,55)66-13-5-11-64-78(50,51)62-9-4-10-63-79(52,53)65-12-6-14-67-81(56,57)69-16-8-18-71-83(60,61)76-35-26(45)19-29(74-35)43-21-25(3)33(46)42-37(43)48;1-4(2)3/h21,23-24,26-30,35,45H,4-20,22H2,1-3H3,(H,49,84)(H,50,51)(H,52,53)(H,54,55)(H,56,57)(H,58,59)(H,60,61)(H,42,46,48)(H3,38,40,41,47);4H,1-3H3/t26?,27?,28?,29-,30?,35-,77?;/m0./s1. The second-order valence-electron chi connectivity index (χ2n) is 19.7. The van der Waals surface area contributed by atoms with Crippen molar-refractivity contribution in [3.05, 3.63) is 49.3 Å². The normalized spacial score (nSPS) is 23.8. The predicted octanol–water partition coefficient (Wildman–Crippen LogP) is 3.96. The Labute approximate surface area is 507 Å². The smallest absolute Gasteiger partial charge is 0.388 e. The number of fused-ring (bicyclic) bond motifs is 1. The third-order valence-electron chi connectivity index (χ3n) is 11.0. The maximum atomic E-state index is 13.0. The average molecular weight is 1430 g/mol. The van der Waals surface area contributed by atoms with Gasteiger partial charge in [0.15, 0.2) is 23.9 Å². The Balaban J connectivity index is 0.00000401. The van der Waals surface area contributed by atoms with Crippen LogP contribution in [0.1, 0.15) is 97.6 Å². The molecule has 47 heteroatoms. The largest absolute Gasteiger partial charge is 0.474 e. The fourth-order valence-corrected chi connectivity index (χ4v) is 12.8. The number of aromatic amines is 2. The molecule has 11 unspecified atom stereocenters. The monoisotopic (exact) mass is 1430 g/mol. The zero-order chi connectivity index (χ0) is 65.9. The Hall–Kier alpha value is -2.06. The van der Waals surface area contributed by atoms with E-state index in [9.17, 15) is 81.1 Å². The Morgan fingerprint density at radius 1 is 0.602 bits per heavy atom. The van der Waals surface area contributed by atoms with E-state index in [0.29, 0.717) is 0 Å². The molecule has 5 heterocycles. The molecule has 508 valence electrons. The number of aryl methyl sites for hydroxylation is 1. The first kappa shape index (κ1) is 78.4. The van der Waals surface area contributed by atoms with Crippen molar-refractivity contribution < 1.29 is 135 Å². The number of nitrogens with one attached hydrogen (secondary N) is 2. The summed E-state index contributed by atoms with van der Waals surface area (Å²) in [7, 11) is -28.6. The van der Waals surface area contributed by atoms with Crippen molar-refractivity contribution >= 4 is 82.3 Å². The van der Waals surface area contributed by atoms with Crippen molar-refractivity contribution in [3.63, 3.8) is 0 Å². The molecular formula is C41H76N7O32P7S. The minimum Gasteiger partial charge on any atom is -0.388 e. The number of hydrogen-bond donors (Lipinski definition) is 11. The van der Waals surface area contributed by atoms with Gasteiger partial charge in [0, 0.05) is 30.3 Å². The van der Waals surface area contributed by atoms with Crippen molar-refractivity contribution in [3.8, 4) is 0 Å². The molecule has 3 aromatic rings. The van der Waals surface area contributed by atoms with Gasteiger partial charge in [-0.05, 0) is 56.8 Å². The molecular weight excluding hydrogens is 1350 g/mol. The molecule has 88 heavy (non-hydrogen) atoms. The van der Waals surface area contributed by atoms with Gasteiger partial charge in [0.05, 0.1) is 79.0 Å². The Morgan fingerprint density at radius 3 is 1.42 bits per heavy atom. The summed E-state index contributed by atoms with van der Waals surface area (Å²) in [5.41, 5.74) is 3.27. The van der Waals surface area contributed by atoms with E-state index in [0.717, 1.165) is 10.5 Å². The van der Waals surface area contributed by atoms with Crippen LogP contribution in [-0.4, -0.2) is 171 Å². The van der Waals surface area contributed by atoms with Gasteiger partial charge in [-0.2, -0.15) is 4.98 Å². The summed E-state index contributed by atoms with van der Waals surface area (Å²) >= 11 is 5.19. The summed E-state index contributed by atoms with van der Waals surface area (Å²) in [4.78, 5) is 119. The van der Waals surface area contributed by atoms with Gasteiger partial charge in [-0.3, -0.25) is 83.0 Å². The first-order chi connectivity index (χ1) is 40.8. The lowest BCUT2D eigenvalue weighted by molar-refractivity contribution is -0.137. The van der Waals surface area contributed by atoms with Gasteiger partial charge >= 0.3 is 52.6 Å². The van der Waals surface area contributed by atoms with E-state index in [4.69, 9.17) is 85.8 Å². The molecule has 13 atom stereocenters. The third kappa shape index (κ3) is 28.3. The molecule has 0 radical (unpaired) electrons. The molecule has 2 saturated heterocycles. The number of nitrogens with zero attached hydrogens (tertiary/aromatic N) is 4.